The van der Waals surface area contributed by atoms with E-state index >= 15 is 0 Å². The van der Waals surface area contributed by atoms with E-state index in [4.69, 9.17) is 0 Å². The summed E-state index contributed by atoms with van der Waals surface area (Å²) in [4.78, 5) is 2.51. The first kappa shape index (κ1) is 22.4. The molecule has 0 bridgehead atoms. The minimum absolute atomic E-state index is 0.152. The first-order chi connectivity index (χ1) is 19.1. The van der Waals surface area contributed by atoms with E-state index in [2.05, 4.69) is 141 Å². The molecular formula is C37H28BN. The molecular weight excluding hydrogens is 469 g/mol. The lowest BCUT2D eigenvalue weighted by Crippen LogP contribution is -2.58. The molecule has 1 aliphatic heterocycles. The van der Waals surface area contributed by atoms with Crippen LogP contribution in [0.2, 0.25) is 0 Å². The van der Waals surface area contributed by atoms with Crippen molar-refractivity contribution in [2.75, 3.05) is 4.90 Å². The number of nitrogens with zero attached hydrogens (tertiary/aromatic N) is 1. The molecule has 0 atom stereocenters. The van der Waals surface area contributed by atoms with Crippen LogP contribution in [-0.2, 0) is 0 Å². The minimum atomic E-state index is 0.152. The van der Waals surface area contributed by atoms with E-state index in [1.165, 1.54) is 82.5 Å². The summed E-state index contributed by atoms with van der Waals surface area (Å²) in [6, 6.07) is 43.0. The highest BCUT2D eigenvalue weighted by Gasteiger charge is 2.38. The van der Waals surface area contributed by atoms with Crippen molar-refractivity contribution in [2.24, 2.45) is 0 Å². The Morgan fingerprint density at radius 3 is 1.97 bits per heavy atom. The second-order valence-electron chi connectivity index (χ2n) is 11.1. The predicted octanol–water partition coefficient (Wildman–Crippen LogP) is 7.81. The van der Waals surface area contributed by atoms with Crippen molar-refractivity contribution in [1.82, 2.24) is 0 Å². The zero-order valence-electron chi connectivity index (χ0n) is 22.5. The van der Waals surface area contributed by atoms with E-state index in [1.807, 2.05) is 0 Å². The van der Waals surface area contributed by atoms with Crippen LogP contribution >= 0.6 is 0 Å². The van der Waals surface area contributed by atoms with Gasteiger partial charge in [-0.2, -0.15) is 0 Å². The van der Waals surface area contributed by atoms with Gasteiger partial charge in [-0.3, -0.25) is 0 Å². The number of hydrogen-bond acceptors (Lipinski definition) is 1. The molecule has 0 aromatic heterocycles. The van der Waals surface area contributed by atoms with Crippen molar-refractivity contribution in [1.29, 1.82) is 0 Å². The predicted molar refractivity (Wildman–Crippen MR) is 170 cm³/mol. The van der Waals surface area contributed by atoms with Crippen LogP contribution in [-0.4, -0.2) is 6.71 Å². The summed E-state index contributed by atoms with van der Waals surface area (Å²) in [6.45, 7) is 6.92. The first-order valence-electron chi connectivity index (χ1n) is 13.8. The van der Waals surface area contributed by atoms with Crippen molar-refractivity contribution in [3.8, 4) is 0 Å². The van der Waals surface area contributed by atoms with Crippen LogP contribution < -0.4 is 21.3 Å². The average molecular weight is 497 g/mol. The lowest BCUT2D eigenvalue weighted by atomic mass is 9.33. The first-order valence-corrected chi connectivity index (χ1v) is 13.8. The SMILES string of the molecule is Cc1cc(C)c(B2c3ccccc3N(c3ccccc3)c3c2cc2ccc4cccc5ccc3c2c45)c(C)c1. The molecule has 7 aromatic carbocycles. The number of rotatable bonds is 2. The lowest BCUT2D eigenvalue weighted by Gasteiger charge is -2.39. The van der Waals surface area contributed by atoms with Gasteiger partial charge in [0.05, 0.1) is 0 Å². The summed E-state index contributed by atoms with van der Waals surface area (Å²) in [6.07, 6.45) is 0. The van der Waals surface area contributed by atoms with E-state index in [-0.39, 0.29) is 6.71 Å². The van der Waals surface area contributed by atoms with Crippen LogP contribution in [0.3, 0.4) is 0 Å². The fourth-order valence-corrected chi connectivity index (χ4v) is 7.31. The Morgan fingerprint density at radius 2 is 1.21 bits per heavy atom. The fourth-order valence-electron chi connectivity index (χ4n) is 7.31. The molecule has 0 radical (unpaired) electrons. The summed E-state index contributed by atoms with van der Waals surface area (Å²) in [7, 11) is 0. The maximum atomic E-state index is 2.51. The Morgan fingerprint density at radius 1 is 0.538 bits per heavy atom. The van der Waals surface area contributed by atoms with E-state index < -0.39 is 0 Å². The standard InChI is InChI=1S/C37H28BN/c1-23-20-24(2)36(25(3)21-23)38-31-14-7-8-15-33(31)39(29-12-5-4-6-13-29)37-30-19-18-27-11-9-10-26-16-17-28(22-32(37)38)35(30)34(26)27/h4-22H,1-3H3. The Hall–Kier alpha value is -4.56. The number of benzene rings is 7. The maximum Gasteiger partial charge on any atom is 0.247 e. The summed E-state index contributed by atoms with van der Waals surface area (Å²) in [5.74, 6) is 0. The molecule has 2 heteroatoms. The summed E-state index contributed by atoms with van der Waals surface area (Å²) >= 11 is 0. The molecule has 0 saturated carbocycles. The van der Waals surface area contributed by atoms with Crippen molar-refractivity contribution >= 4 is 72.5 Å². The normalized spacial score (nSPS) is 12.9. The van der Waals surface area contributed by atoms with Crippen molar-refractivity contribution in [3.05, 3.63) is 132 Å². The van der Waals surface area contributed by atoms with Gasteiger partial charge in [0, 0.05) is 22.4 Å². The van der Waals surface area contributed by atoms with E-state index in [9.17, 15) is 0 Å². The number of para-hydroxylation sites is 2. The molecule has 0 amide bonds. The lowest BCUT2D eigenvalue weighted by molar-refractivity contribution is 1.30. The third-order valence-electron chi connectivity index (χ3n) is 8.71. The molecule has 0 unspecified atom stereocenters. The number of hydrogen-bond donors (Lipinski definition) is 0. The van der Waals surface area contributed by atoms with Gasteiger partial charge in [-0.25, -0.2) is 0 Å². The van der Waals surface area contributed by atoms with Crippen LogP contribution in [0, 0.1) is 20.8 Å². The average Bonchev–Trinajstić information content (AvgIpc) is 2.95. The third kappa shape index (κ3) is 3.15. The molecule has 1 heterocycles. The van der Waals surface area contributed by atoms with Crippen molar-refractivity contribution in [2.45, 2.75) is 20.8 Å². The van der Waals surface area contributed by atoms with Gasteiger partial charge in [-0.15, -0.1) is 0 Å². The zero-order chi connectivity index (χ0) is 26.2. The molecule has 184 valence electrons. The van der Waals surface area contributed by atoms with Gasteiger partial charge in [0.25, 0.3) is 0 Å². The Bertz CT molecular complexity index is 2020. The van der Waals surface area contributed by atoms with Gasteiger partial charge < -0.3 is 4.90 Å². The molecule has 39 heavy (non-hydrogen) atoms. The smallest absolute Gasteiger partial charge is 0.247 e. The minimum Gasteiger partial charge on any atom is -0.311 e. The van der Waals surface area contributed by atoms with E-state index in [0.29, 0.717) is 0 Å². The fraction of sp³-hybridized carbons (Fsp3) is 0.0811. The maximum absolute atomic E-state index is 2.51. The molecule has 0 N–H and O–H groups in total. The van der Waals surface area contributed by atoms with Gasteiger partial charge in [0.2, 0.25) is 6.71 Å². The van der Waals surface area contributed by atoms with Crippen LogP contribution in [0.4, 0.5) is 17.1 Å². The molecule has 8 rings (SSSR count). The largest absolute Gasteiger partial charge is 0.311 e. The van der Waals surface area contributed by atoms with Gasteiger partial charge >= 0.3 is 0 Å². The van der Waals surface area contributed by atoms with Crippen molar-refractivity contribution < 1.29 is 0 Å². The van der Waals surface area contributed by atoms with Crippen LogP contribution in [0.5, 0.6) is 0 Å². The van der Waals surface area contributed by atoms with Crippen LogP contribution in [0.1, 0.15) is 16.7 Å². The highest BCUT2D eigenvalue weighted by molar-refractivity contribution is 6.98. The Kier molecular flexibility index (Phi) is 4.73. The number of aryl methyl sites for hydroxylation is 3. The van der Waals surface area contributed by atoms with Gasteiger partial charge in [0.15, 0.2) is 0 Å². The Labute approximate surface area is 229 Å². The molecule has 0 aliphatic carbocycles. The number of anilines is 3. The molecule has 0 fully saturated rings. The summed E-state index contributed by atoms with van der Waals surface area (Å²) in [5, 5.41) is 7.96. The van der Waals surface area contributed by atoms with Crippen molar-refractivity contribution in [3.63, 3.8) is 0 Å². The molecule has 1 nitrogen and oxygen atoms in total. The van der Waals surface area contributed by atoms with E-state index in [0.717, 1.165) is 0 Å². The van der Waals surface area contributed by atoms with Crippen LogP contribution in [0.15, 0.2) is 115 Å². The molecule has 0 saturated heterocycles. The van der Waals surface area contributed by atoms with Gasteiger partial charge in [-0.05, 0) is 76.8 Å². The number of fused-ring (bicyclic) bond motifs is 3. The molecule has 0 spiro atoms. The van der Waals surface area contributed by atoms with E-state index in [1.54, 1.807) is 0 Å². The van der Waals surface area contributed by atoms with Gasteiger partial charge in [0.1, 0.15) is 0 Å². The Balaban J connectivity index is 1.58. The monoisotopic (exact) mass is 497 g/mol. The highest BCUT2D eigenvalue weighted by atomic mass is 15.2. The van der Waals surface area contributed by atoms with Crippen LogP contribution in [0.25, 0.3) is 32.3 Å². The third-order valence-corrected chi connectivity index (χ3v) is 8.71. The second kappa shape index (κ2) is 8.22. The molecule has 1 aliphatic rings. The second-order valence-corrected chi connectivity index (χ2v) is 11.1. The summed E-state index contributed by atoms with van der Waals surface area (Å²) < 4.78 is 0. The zero-order valence-corrected chi connectivity index (χ0v) is 22.5. The summed E-state index contributed by atoms with van der Waals surface area (Å²) in [5.41, 5.74) is 11.9. The topological polar surface area (TPSA) is 3.24 Å². The quantitative estimate of drug-likeness (QED) is 0.174. The molecule has 7 aromatic rings. The van der Waals surface area contributed by atoms with Gasteiger partial charge in [-0.1, -0.05) is 119 Å². The highest BCUT2D eigenvalue weighted by Crippen LogP contribution is 2.44.